The molecule has 1 nitrogen and oxygen atoms in total. The van der Waals surface area contributed by atoms with Gasteiger partial charge in [-0.1, -0.05) is 0 Å². The summed E-state index contributed by atoms with van der Waals surface area (Å²) in [7, 11) is 0. The molecule has 0 amide bonds. The fourth-order valence-electron chi connectivity index (χ4n) is 3.20. The molecule has 2 heteroatoms. The minimum absolute atomic E-state index is 0.150. The van der Waals surface area contributed by atoms with Crippen LogP contribution in [0.5, 0.6) is 0 Å². The molecule has 1 saturated carbocycles. The van der Waals surface area contributed by atoms with Gasteiger partial charge in [-0.2, -0.15) is 0 Å². The van der Waals surface area contributed by atoms with Crippen LogP contribution in [0, 0.1) is 5.92 Å². The van der Waals surface area contributed by atoms with Gasteiger partial charge in [0.15, 0.2) is 0 Å². The van der Waals surface area contributed by atoms with Crippen LogP contribution in [0.4, 0.5) is 0 Å². The van der Waals surface area contributed by atoms with E-state index < -0.39 is 0 Å². The van der Waals surface area contributed by atoms with E-state index in [4.69, 9.17) is 0 Å². The molecule has 0 aliphatic heterocycles. The standard InChI is InChI=1S/C19H20OSe/c1-14-17(20)12-13-18(21-16-10-6-3-7-11-16)19(14)15-8-4-2-5-9-15/h2-11,14,18-19H,12-13H2,1H3/t14?,18-,19+/m0/s1. The summed E-state index contributed by atoms with van der Waals surface area (Å²) in [6.45, 7) is 2.12. The molecule has 1 unspecified atom stereocenters. The topological polar surface area (TPSA) is 17.1 Å². The van der Waals surface area contributed by atoms with Gasteiger partial charge in [-0.25, -0.2) is 0 Å². The Morgan fingerprint density at radius 1 is 0.952 bits per heavy atom. The average molecular weight is 343 g/mol. The normalized spacial score (nSPS) is 25.8. The van der Waals surface area contributed by atoms with E-state index in [-0.39, 0.29) is 5.92 Å². The van der Waals surface area contributed by atoms with Crippen LogP contribution in [0.2, 0.25) is 4.82 Å². The van der Waals surface area contributed by atoms with Gasteiger partial charge in [0.25, 0.3) is 0 Å². The number of hydrogen-bond acceptors (Lipinski definition) is 1. The molecule has 0 saturated heterocycles. The van der Waals surface area contributed by atoms with Crippen molar-refractivity contribution in [1.29, 1.82) is 0 Å². The number of rotatable bonds is 3. The zero-order valence-corrected chi connectivity index (χ0v) is 13.9. The molecule has 3 rings (SSSR count). The second kappa shape index (κ2) is 6.60. The molecule has 0 spiro atoms. The number of ketones is 1. The average Bonchev–Trinajstić information content (AvgIpc) is 2.53. The van der Waals surface area contributed by atoms with Crippen LogP contribution in [0.1, 0.15) is 31.2 Å². The molecule has 0 heterocycles. The van der Waals surface area contributed by atoms with Gasteiger partial charge in [-0.3, -0.25) is 0 Å². The van der Waals surface area contributed by atoms with Gasteiger partial charge >= 0.3 is 133 Å². The second-order valence-corrected chi connectivity index (χ2v) is 8.45. The van der Waals surface area contributed by atoms with Crippen LogP contribution >= 0.6 is 0 Å². The maximum atomic E-state index is 12.2. The Labute approximate surface area is 132 Å². The first kappa shape index (κ1) is 14.6. The van der Waals surface area contributed by atoms with E-state index in [1.165, 1.54) is 10.0 Å². The quantitative estimate of drug-likeness (QED) is 0.779. The van der Waals surface area contributed by atoms with Gasteiger partial charge in [0.1, 0.15) is 0 Å². The fraction of sp³-hybridized carbons (Fsp3) is 0.316. The van der Waals surface area contributed by atoms with Crippen molar-refractivity contribution in [3.63, 3.8) is 0 Å². The van der Waals surface area contributed by atoms with E-state index >= 15 is 0 Å². The first-order chi connectivity index (χ1) is 10.3. The van der Waals surface area contributed by atoms with Gasteiger partial charge in [-0.05, 0) is 0 Å². The summed E-state index contributed by atoms with van der Waals surface area (Å²) in [5, 5.41) is 0. The number of hydrogen-bond donors (Lipinski definition) is 0. The molecule has 1 aliphatic rings. The number of Topliss-reactive ketones (excluding diaryl/α,β-unsaturated/α-hetero) is 1. The third kappa shape index (κ3) is 3.28. The van der Waals surface area contributed by atoms with Crippen LogP contribution in [-0.2, 0) is 4.79 Å². The Kier molecular flexibility index (Phi) is 4.57. The summed E-state index contributed by atoms with van der Waals surface area (Å²) in [6.07, 6.45) is 1.79. The van der Waals surface area contributed by atoms with Crippen molar-refractivity contribution in [1.82, 2.24) is 0 Å². The van der Waals surface area contributed by atoms with Crippen LogP contribution in [0.15, 0.2) is 60.7 Å². The van der Waals surface area contributed by atoms with E-state index in [0.29, 0.717) is 31.5 Å². The van der Waals surface area contributed by atoms with Gasteiger partial charge in [0.2, 0.25) is 0 Å². The molecule has 3 atom stereocenters. The van der Waals surface area contributed by atoms with E-state index in [9.17, 15) is 4.79 Å². The van der Waals surface area contributed by atoms with Gasteiger partial charge in [0, 0.05) is 0 Å². The zero-order valence-electron chi connectivity index (χ0n) is 12.2. The Morgan fingerprint density at radius 3 is 2.24 bits per heavy atom. The molecule has 1 fully saturated rings. The molecule has 21 heavy (non-hydrogen) atoms. The Morgan fingerprint density at radius 2 is 1.57 bits per heavy atom. The molecule has 108 valence electrons. The van der Waals surface area contributed by atoms with Gasteiger partial charge < -0.3 is 0 Å². The van der Waals surface area contributed by atoms with Crippen LogP contribution in [0.25, 0.3) is 0 Å². The van der Waals surface area contributed by atoms with Crippen molar-refractivity contribution < 1.29 is 4.79 Å². The summed E-state index contributed by atoms with van der Waals surface area (Å²) in [4.78, 5) is 12.8. The van der Waals surface area contributed by atoms with Crippen molar-refractivity contribution in [3.05, 3.63) is 66.2 Å². The summed E-state index contributed by atoms with van der Waals surface area (Å²) in [5.41, 5.74) is 1.33. The molecule has 0 N–H and O–H groups in total. The van der Waals surface area contributed by atoms with E-state index in [0.717, 1.165) is 12.8 Å². The summed E-state index contributed by atoms with van der Waals surface area (Å²) in [5.74, 6) is 0.966. The van der Waals surface area contributed by atoms with Crippen molar-refractivity contribution in [2.75, 3.05) is 0 Å². The third-order valence-corrected chi connectivity index (χ3v) is 7.22. The first-order valence-electron chi connectivity index (χ1n) is 7.55. The molecule has 0 bridgehead atoms. The predicted molar refractivity (Wildman–Crippen MR) is 88.2 cm³/mol. The molecule has 0 radical (unpaired) electrons. The third-order valence-electron chi connectivity index (χ3n) is 4.34. The van der Waals surface area contributed by atoms with Gasteiger partial charge in [0.05, 0.1) is 0 Å². The Bertz CT molecular complexity index is 593. The van der Waals surface area contributed by atoms with E-state index in [1.54, 1.807) is 0 Å². The monoisotopic (exact) mass is 344 g/mol. The molecule has 2 aromatic carbocycles. The van der Waals surface area contributed by atoms with Crippen molar-refractivity contribution in [2.45, 2.75) is 30.5 Å². The number of carbonyl (C=O) groups excluding carboxylic acids is 1. The van der Waals surface area contributed by atoms with Crippen LogP contribution in [0.3, 0.4) is 0 Å². The van der Waals surface area contributed by atoms with Crippen LogP contribution < -0.4 is 4.46 Å². The number of benzene rings is 2. The summed E-state index contributed by atoms with van der Waals surface area (Å²) >= 11 is 0.427. The predicted octanol–water partition coefficient (Wildman–Crippen LogP) is 3.59. The minimum atomic E-state index is 0.150. The Hall–Kier alpha value is -1.37. The second-order valence-electron chi connectivity index (χ2n) is 5.70. The molecule has 0 aromatic heterocycles. The summed E-state index contributed by atoms with van der Waals surface area (Å²) in [6, 6.07) is 21.4. The fourth-order valence-corrected chi connectivity index (χ4v) is 6.22. The zero-order chi connectivity index (χ0) is 14.7. The van der Waals surface area contributed by atoms with Crippen molar-refractivity contribution in [3.8, 4) is 0 Å². The molecular formula is C19H20OSe. The molecule has 1 aliphatic carbocycles. The van der Waals surface area contributed by atoms with Gasteiger partial charge in [-0.15, -0.1) is 0 Å². The Balaban J connectivity index is 1.88. The van der Waals surface area contributed by atoms with Crippen molar-refractivity contribution in [2.24, 2.45) is 5.92 Å². The molecule has 2 aromatic rings. The SMILES string of the molecule is CC1C(=O)CC[C@H]([Se]c2ccccc2)[C@H]1c1ccccc1. The van der Waals surface area contributed by atoms with Crippen LogP contribution in [-0.4, -0.2) is 20.7 Å². The van der Waals surface area contributed by atoms with Crippen molar-refractivity contribution >= 4 is 25.2 Å². The number of carbonyl (C=O) groups is 1. The molecular weight excluding hydrogens is 323 g/mol. The van der Waals surface area contributed by atoms with E-state index in [2.05, 4.69) is 67.6 Å². The summed E-state index contributed by atoms with van der Waals surface area (Å²) < 4.78 is 1.44. The van der Waals surface area contributed by atoms with E-state index in [1.807, 2.05) is 0 Å². The maximum absolute atomic E-state index is 12.2. The first-order valence-corrected chi connectivity index (χ1v) is 9.39.